The first-order valence-electron chi connectivity index (χ1n) is 6.83. The second-order valence-corrected chi connectivity index (χ2v) is 4.54. The molecule has 0 saturated heterocycles. The third-order valence-electron chi connectivity index (χ3n) is 2.95. The average molecular weight is 324 g/mol. The summed E-state index contributed by atoms with van der Waals surface area (Å²) in [6, 6.07) is 9.81. The van der Waals surface area contributed by atoms with Gasteiger partial charge in [0.05, 0.1) is 24.1 Å². The standard InChI is InChI=1S/C16H15F3N2O2/c1-2-23-14-9-5-6-11(15(14)22)10-20-21-13-8-4-3-7-12(13)16(17,18)19/h3-10,21-22H,2H2,1H3. The van der Waals surface area contributed by atoms with Crippen LogP contribution in [-0.2, 0) is 6.18 Å². The molecule has 0 aliphatic heterocycles. The Kier molecular flexibility index (Phi) is 5.10. The Hall–Kier alpha value is -2.70. The average Bonchev–Trinajstić information content (AvgIpc) is 2.50. The zero-order chi connectivity index (χ0) is 16.9. The van der Waals surface area contributed by atoms with E-state index >= 15 is 0 Å². The number of phenols is 1. The Balaban J connectivity index is 2.19. The van der Waals surface area contributed by atoms with Gasteiger partial charge in [0.25, 0.3) is 0 Å². The van der Waals surface area contributed by atoms with Crippen LogP contribution in [0.4, 0.5) is 18.9 Å². The lowest BCUT2D eigenvalue weighted by Gasteiger charge is -2.11. The third-order valence-corrected chi connectivity index (χ3v) is 2.95. The zero-order valence-corrected chi connectivity index (χ0v) is 12.3. The molecule has 0 unspecified atom stereocenters. The molecule has 0 bridgehead atoms. The van der Waals surface area contributed by atoms with Crippen LogP contribution in [0.5, 0.6) is 11.5 Å². The van der Waals surface area contributed by atoms with E-state index < -0.39 is 11.7 Å². The van der Waals surface area contributed by atoms with Crippen LogP contribution in [-0.4, -0.2) is 17.9 Å². The van der Waals surface area contributed by atoms with E-state index in [1.807, 2.05) is 0 Å². The minimum atomic E-state index is -4.48. The minimum Gasteiger partial charge on any atom is -0.504 e. The van der Waals surface area contributed by atoms with Gasteiger partial charge >= 0.3 is 6.18 Å². The molecule has 2 aromatic rings. The number of halogens is 3. The second-order valence-electron chi connectivity index (χ2n) is 4.54. The molecule has 0 atom stereocenters. The molecule has 7 heteroatoms. The molecule has 2 rings (SSSR count). The third kappa shape index (κ3) is 4.15. The fraction of sp³-hybridized carbons (Fsp3) is 0.188. The molecular formula is C16H15F3N2O2. The summed E-state index contributed by atoms with van der Waals surface area (Å²) in [6.45, 7) is 2.15. The number of alkyl halides is 3. The van der Waals surface area contributed by atoms with E-state index in [1.165, 1.54) is 24.4 Å². The molecule has 0 amide bonds. The van der Waals surface area contributed by atoms with Crippen molar-refractivity contribution in [2.75, 3.05) is 12.0 Å². The smallest absolute Gasteiger partial charge is 0.418 e. The number of rotatable bonds is 5. The molecule has 0 fully saturated rings. The van der Waals surface area contributed by atoms with E-state index in [1.54, 1.807) is 25.1 Å². The molecule has 122 valence electrons. The summed E-state index contributed by atoms with van der Waals surface area (Å²) in [5.41, 5.74) is 1.69. The van der Waals surface area contributed by atoms with Gasteiger partial charge in [-0.05, 0) is 31.2 Å². The molecular weight excluding hydrogens is 309 g/mol. The Labute approximate surface area is 131 Å². The number of hydrazone groups is 1. The van der Waals surface area contributed by atoms with Crippen molar-refractivity contribution in [1.29, 1.82) is 0 Å². The van der Waals surface area contributed by atoms with Crippen molar-refractivity contribution < 1.29 is 23.0 Å². The normalized spacial score (nSPS) is 11.7. The number of para-hydroxylation sites is 2. The van der Waals surface area contributed by atoms with Crippen LogP contribution >= 0.6 is 0 Å². The number of phenolic OH excluding ortho intramolecular Hbond substituents is 1. The first-order chi connectivity index (χ1) is 10.9. The summed E-state index contributed by atoms with van der Waals surface area (Å²) in [6.07, 6.45) is -3.25. The predicted octanol–water partition coefficient (Wildman–Crippen LogP) is 4.26. The number of nitrogens with one attached hydrogen (secondary N) is 1. The Morgan fingerprint density at radius 3 is 2.61 bits per heavy atom. The van der Waals surface area contributed by atoms with Gasteiger partial charge in [-0.3, -0.25) is 5.43 Å². The van der Waals surface area contributed by atoms with Crippen LogP contribution < -0.4 is 10.2 Å². The van der Waals surface area contributed by atoms with Gasteiger partial charge in [0.2, 0.25) is 0 Å². The van der Waals surface area contributed by atoms with Crippen LogP contribution in [0, 0.1) is 0 Å². The molecule has 0 aromatic heterocycles. The first-order valence-corrected chi connectivity index (χ1v) is 6.83. The van der Waals surface area contributed by atoms with Crippen LogP contribution in [0.1, 0.15) is 18.1 Å². The zero-order valence-electron chi connectivity index (χ0n) is 12.3. The van der Waals surface area contributed by atoms with Gasteiger partial charge < -0.3 is 9.84 Å². The summed E-state index contributed by atoms with van der Waals surface area (Å²) in [4.78, 5) is 0. The number of anilines is 1. The maximum absolute atomic E-state index is 12.9. The van der Waals surface area contributed by atoms with E-state index in [-0.39, 0.29) is 17.2 Å². The molecule has 0 spiro atoms. The van der Waals surface area contributed by atoms with Crippen LogP contribution in [0.15, 0.2) is 47.6 Å². The number of hydrogen-bond acceptors (Lipinski definition) is 4. The van der Waals surface area contributed by atoms with E-state index in [0.717, 1.165) is 6.07 Å². The summed E-state index contributed by atoms with van der Waals surface area (Å²) < 4.78 is 43.8. The number of hydrogen-bond donors (Lipinski definition) is 2. The summed E-state index contributed by atoms with van der Waals surface area (Å²) in [5, 5.41) is 13.7. The van der Waals surface area contributed by atoms with Crippen molar-refractivity contribution in [2.45, 2.75) is 13.1 Å². The highest BCUT2D eigenvalue weighted by atomic mass is 19.4. The highest BCUT2D eigenvalue weighted by molar-refractivity contribution is 5.85. The van der Waals surface area contributed by atoms with Crippen molar-refractivity contribution in [3.8, 4) is 11.5 Å². The van der Waals surface area contributed by atoms with Gasteiger partial charge in [-0.2, -0.15) is 18.3 Å². The van der Waals surface area contributed by atoms with Crippen molar-refractivity contribution in [3.63, 3.8) is 0 Å². The van der Waals surface area contributed by atoms with Gasteiger partial charge in [0, 0.05) is 5.56 Å². The number of nitrogens with zero attached hydrogens (tertiary/aromatic N) is 1. The van der Waals surface area contributed by atoms with Gasteiger partial charge in [-0.25, -0.2) is 0 Å². The highest BCUT2D eigenvalue weighted by Crippen LogP contribution is 2.34. The monoisotopic (exact) mass is 324 g/mol. The first kappa shape index (κ1) is 16.7. The number of ether oxygens (including phenoxy) is 1. The number of benzene rings is 2. The van der Waals surface area contributed by atoms with Crippen molar-refractivity contribution >= 4 is 11.9 Å². The Bertz CT molecular complexity index is 700. The van der Waals surface area contributed by atoms with Gasteiger partial charge in [-0.1, -0.05) is 18.2 Å². The fourth-order valence-electron chi connectivity index (χ4n) is 1.91. The van der Waals surface area contributed by atoms with Crippen molar-refractivity contribution in [3.05, 3.63) is 53.6 Å². The van der Waals surface area contributed by atoms with Gasteiger partial charge in [0.15, 0.2) is 11.5 Å². The quantitative estimate of drug-likeness (QED) is 0.638. The van der Waals surface area contributed by atoms with Crippen molar-refractivity contribution in [2.24, 2.45) is 5.10 Å². The molecule has 0 radical (unpaired) electrons. The minimum absolute atomic E-state index is 0.121. The van der Waals surface area contributed by atoms with Crippen LogP contribution in [0.2, 0.25) is 0 Å². The second kappa shape index (κ2) is 7.04. The Morgan fingerprint density at radius 2 is 1.91 bits per heavy atom. The molecule has 2 N–H and O–H groups in total. The molecule has 0 heterocycles. The SMILES string of the molecule is CCOc1cccc(C=NNc2ccccc2C(F)(F)F)c1O. The molecule has 0 aliphatic carbocycles. The van der Waals surface area contributed by atoms with Crippen LogP contribution in [0.3, 0.4) is 0 Å². The molecule has 0 aliphatic rings. The van der Waals surface area contributed by atoms with E-state index in [4.69, 9.17) is 4.74 Å². The Morgan fingerprint density at radius 1 is 1.17 bits per heavy atom. The van der Waals surface area contributed by atoms with E-state index in [2.05, 4.69) is 10.5 Å². The maximum Gasteiger partial charge on any atom is 0.418 e. The van der Waals surface area contributed by atoms with Gasteiger partial charge in [-0.15, -0.1) is 0 Å². The molecule has 4 nitrogen and oxygen atoms in total. The molecule has 0 saturated carbocycles. The fourth-order valence-corrected chi connectivity index (χ4v) is 1.91. The highest BCUT2D eigenvalue weighted by Gasteiger charge is 2.33. The summed E-state index contributed by atoms with van der Waals surface area (Å²) >= 11 is 0. The van der Waals surface area contributed by atoms with E-state index in [0.29, 0.717) is 12.2 Å². The largest absolute Gasteiger partial charge is 0.504 e. The lowest BCUT2D eigenvalue weighted by molar-refractivity contribution is -0.136. The molecule has 2 aromatic carbocycles. The number of aromatic hydroxyl groups is 1. The maximum atomic E-state index is 12.9. The van der Waals surface area contributed by atoms with E-state index in [9.17, 15) is 18.3 Å². The topological polar surface area (TPSA) is 53.8 Å². The lowest BCUT2D eigenvalue weighted by atomic mass is 10.2. The summed E-state index contributed by atoms with van der Waals surface area (Å²) in [7, 11) is 0. The lowest BCUT2D eigenvalue weighted by Crippen LogP contribution is -2.08. The predicted molar refractivity (Wildman–Crippen MR) is 81.9 cm³/mol. The van der Waals surface area contributed by atoms with Gasteiger partial charge in [0.1, 0.15) is 0 Å². The van der Waals surface area contributed by atoms with Crippen molar-refractivity contribution in [1.82, 2.24) is 0 Å². The van der Waals surface area contributed by atoms with Crippen LogP contribution in [0.25, 0.3) is 0 Å². The molecule has 23 heavy (non-hydrogen) atoms. The summed E-state index contributed by atoms with van der Waals surface area (Å²) in [5.74, 6) is 0.163.